The van der Waals surface area contributed by atoms with E-state index in [0.717, 1.165) is 58.1 Å². The Morgan fingerprint density at radius 3 is 2.73 bits per heavy atom. The monoisotopic (exact) mass is 408 g/mol. The molecule has 0 radical (unpaired) electrons. The molecule has 0 spiro atoms. The van der Waals surface area contributed by atoms with Gasteiger partial charge in [-0.15, -0.1) is 0 Å². The molecule has 2 fully saturated rings. The Kier molecular flexibility index (Phi) is 5.45. The zero-order valence-electron chi connectivity index (χ0n) is 17.2. The largest absolute Gasteiger partial charge is 0.454 e. The maximum Gasteiger partial charge on any atom is 0.254 e. The lowest BCUT2D eigenvalue weighted by atomic mass is 9.96. The molecule has 4 heterocycles. The van der Waals surface area contributed by atoms with Crippen molar-refractivity contribution in [2.24, 2.45) is 5.92 Å². The molecule has 0 saturated carbocycles. The molecule has 1 aromatic carbocycles. The molecule has 3 aliphatic rings. The van der Waals surface area contributed by atoms with Crippen LogP contribution in [0.4, 0.5) is 5.82 Å². The van der Waals surface area contributed by atoms with Crippen LogP contribution in [-0.2, 0) is 0 Å². The van der Waals surface area contributed by atoms with Crippen LogP contribution in [0.2, 0.25) is 0 Å². The fourth-order valence-corrected chi connectivity index (χ4v) is 4.68. The number of fused-ring (bicyclic) bond motifs is 1. The van der Waals surface area contributed by atoms with Gasteiger partial charge in [-0.3, -0.25) is 9.69 Å². The van der Waals surface area contributed by atoms with Gasteiger partial charge in [0.1, 0.15) is 5.82 Å². The van der Waals surface area contributed by atoms with E-state index in [1.54, 1.807) is 0 Å². The van der Waals surface area contributed by atoms with Gasteiger partial charge in [0.2, 0.25) is 6.79 Å². The highest BCUT2D eigenvalue weighted by molar-refractivity contribution is 5.95. The Morgan fingerprint density at radius 1 is 1.03 bits per heavy atom. The SMILES string of the molecule is O=C(c1ccc2c(c1)OCO2)N1CCCC(CN2CCN(c3ccccn3)CC2)C1. The third kappa shape index (κ3) is 4.07. The van der Waals surface area contributed by atoms with E-state index < -0.39 is 0 Å². The number of piperazine rings is 1. The quantitative estimate of drug-likeness (QED) is 0.775. The van der Waals surface area contributed by atoms with E-state index in [2.05, 4.69) is 20.9 Å². The van der Waals surface area contributed by atoms with E-state index in [4.69, 9.17) is 9.47 Å². The van der Waals surface area contributed by atoms with Crippen LogP contribution in [0.1, 0.15) is 23.2 Å². The van der Waals surface area contributed by atoms with Gasteiger partial charge in [-0.05, 0) is 49.1 Å². The van der Waals surface area contributed by atoms with Gasteiger partial charge in [-0.2, -0.15) is 0 Å². The summed E-state index contributed by atoms with van der Waals surface area (Å²) in [6.07, 6.45) is 4.11. The molecule has 1 unspecified atom stereocenters. The number of likely N-dealkylation sites (tertiary alicyclic amines) is 1. The first-order valence-electron chi connectivity index (χ1n) is 10.8. The molecule has 0 N–H and O–H groups in total. The van der Waals surface area contributed by atoms with Crippen LogP contribution >= 0.6 is 0 Å². The van der Waals surface area contributed by atoms with E-state index in [-0.39, 0.29) is 12.7 Å². The highest BCUT2D eigenvalue weighted by Gasteiger charge is 2.28. The summed E-state index contributed by atoms with van der Waals surface area (Å²) >= 11 is 0. The Hall–Kier alpha value is -2.80. The summed E-state index contributed by atoms with van der Waals surface area (Å²) in [5.41, 5.74) is 0.684. The first kappa shape index (κ1) is 19.2. The molecular formula is C23H28N4O3. The average Bonchev–Trinajstić information content (AvgIpc) is 3.28. The van der Waals surface area contributed by atoms with Crippen molar-refractivity contribution in [1.29, 1.82) is 0 Å². The lowest BCUT2D eigenvalue weighted by Gasteiger charge is -2.39. The smallest absolute Gasteiger partial charge is 0.254 e. The predicted octanol–water partition coefficient (Wildman–Crippen LogP) is 2.48. The van der Waals surface area contributed by atoms with Crippen molar-refractivity contribution in [3.05, 3.63) is 48.2 Å². The number of rotatable bonds is 4. The number of hydrogen-bond acceptors (Lipinski definition) is 6. The Morgan fingerprint density at radius 2 is 1.90 bits per heavy atom. The summed E-state index contributed by atoms with van der Waals surface area (Å²) in [5, 5.41) is 0. The molecule has 3 aliphatic heterocycles. The standard InChI is InChI=1S/C23H28N4O3/c28-23(19-6-7-20-21(14-19)30-17-29-20)27-9-3-4-18(16-27)15-25-10-12-26(13-11-25)22-5-1-2-8-24-22/h1-2,5-8,14,18H,3-4,9-13,15-17H2. The Bertz CT molecular complexity index is 883. The van der Waals surface area contributed by atoms with Crippen LogP contribution in [0.15, 0.2) is 42.6 Å². The number of carbonyl (C=O) groups excluding carboxylic acids is 1. The number of pyridine rings is 1. The minimum atomic E-state index is 0.0953. The Labute approximate surface area is 177 Å². The van der Waals surface area contributed by atoms with Crippen LogP contribution in [0.3, 0.4) is 0 Å². The molecule has 30 heavy (non-hydrogen) atoms. The number of aromatic nitrogens is 1. The number of carbonyl (C=O) groups is 1. The van der Waals surface area contributed by atoms with Gasteiger partial charge in [0, 0.05) is 57.6 Å². The summed E-state index contributed by atoms with van der Waals surface area (Å²) < 4.78 is 10.8. The Balaban J connectivity index is 1.15. The van der Waals surface area contributed by atoms with Gasteiger partial charge in [-0.1, -0.05) is 6.07 Å². The summed E-state index contributed by atoms with van der Waals surface area (Å²) in [6.45, 7) is 7.04. The molecule has 1 atom stereocenters. The van der Waals surface area contributed by atoms with Gasteiger partial charge in [0.25, 0.3) is 5.91 Å². The first-order valence-corrected chi connectivity index (χ1v) is 10.8. The summed E-state index contributed by atoms with van der Waals surface area (Å²) in [4.78, 5) is 24.4. The maximum atomic E-state index is 13.0. The molecule has 0 aliphatic carbocycles. The van der Waals surface area contributed by atoms with E-state index >= 15 is 0 Å². The van der Waals surface area contributed by atoms with Crippen molar-refractivity contribution in [3.63, 3.8) is 0 Å². The number of anilines is 1. The molecule has 7 heteroatoms. The fraction of sp³-hybridized carbons (Fsp3) is 0.478. The van der Waals surface area contributed by atoms with E-state index in [9.17, 15) is 4.79 Å². The van der Waals surface area contributed by atoms with Crippen molar-refractivity contribution >= 4 is 11.7 Å². The van der Waals surface area contributed by atoms with Crippen LogP contribution in [0.25, 0.3) is 0 Å². The maximum absolute atomic E-state index is 13.0. The second-order valence-corrected chi connectivity index (χ2v) is 8.30. The molecule has 2 aromatic rings. The minimum Gasteiger partial charge on any atom is -0.454 e. The van der Waals surface area contributed by atoms with Crippen LogP contribution < -0.4 is 14.4 Å². The summed E-state index contributed by atoms with van der Waals surface area (Å²) in [6, 6.07) is 11.6. The molecule has 0 bridgehead atoms. The van der Waals surface area contributed by atoms with Crippen LogP contribution in [0, 0.1) is 5.92 Å². The van der Waals surface area contributed by atoms with Gasteiger partial charge < -0.3 is 19.3 Å². The van der Waals surface area contributed by atoms with E-state index in [0.29, 0.717) is 23.0 Å². The lowest BCUT2D eigenvalue weighted by Crippen LogP contribution is -2.50. The number of nitrogens with zero attached hydrogens (tertiary/aromatic N) is 4. The fourth-order valence-electron chi connectivity index (χ4n) is 4.68. The zero-order valence-corrected chi connectivity index (χ0v) is 17.2. The number of piperidine rings is 1. The van der Waals surface area contributed by atoms with E-state index in [1.807, 2.05) is 41.4 Å². The predicted molar refractivity (Wildman–Crippen MR) is 114 cm³/mol. The molecule has 7 nitrogen and oxygen atoms in total. The highest BCUT2D eigenvalue weighted by atomic mass is 16.7. The molecule has 2 saturated heterocycles. The normalized spacial score (nSPS) is 21.7. The molecule has 1 aromatic heterocycles. The van der Waals surface area contributed by atoms with Gasteiger partial charge in [0.05, 0.1) is 0 Å². The number of benzene rings is 1. The molecule has 1 amide bonds. The second kappa shape index (κ2) is 8.52. The highest BCUT2D eigenvalue weighted by Crippen LogP contribution is 2.33. The number of ether oxygens (including phenoxy) is 2. The molecular weight excluding hydrogens is 380 g/mol. The molecule has 158 valence electrons. The average molecular weight is 409 g/mol. The summed E-state index contributed by atoms with van der Waals surface area (Å²) in [7, 11) is 0. The van der Waals surface area contributed by atoms with Crippen molar-refractivity contribution < 1.29 is 14.3 Å². The third-order valence-corrected chi connectivity index (χ3v) is 6.29. The van der Waals surface area contributed by atoms with Crippen LogP contribution in [-0.4, -0.2) is 73.3 Å². The molecule has 5 rings (SSSR count). The number of amides is 1. The summed E-state index contributed by atoms with van der Waals surface area (Å²) in [5.74, 6) is 3.07. The van der Waals surface area contributed by atoms with Crippen molar-refractivity contribution in [2.45, 2.75) is 12.8 Å². The van der Waals surface area contributed by atoms with Crippen molar-refractivity contribution in [2.75, 3.05) is 57.5 Å². The zero-order chi connectivity index (χ0) is 20.3. The van der Waals surface area contributed by atoms with E-state index in [1.165, 1.54) is 6.42 Å². The van der Waals surface area contributed by atoms with Crippen molar-refractivity contribution in [1.82, 2.24) is 14.8 Å². The topological polar surface area (TPSA) is 58.1 Å². The van der Waals surface area contributed by atoms with Gasteiger partial charge in [0.15, 0.2) is 11.5 Å². The lowest BCUT2D eigenvalue weighted by molar-refractivity contribution is 0.0637. The van der Waals surface area contributed by atoms with Crippen LogP contribution in [0.5, 0.6) is 11.5 Å². The van der Waals surface area contributed by atoms with Crippen molar-refractivity contribution in [3.8, 4) is 11.5 Å². The number of hydrogen-bond donors (Lipinski definition) is 0. The second-order valence-electron chi connectivity index (χ2n) is 8.30. The van der Waals surface area contributed by atoms with Gasteiger partial charge >= 0.3 is 0 Å². The minimum absolute atomic E-state index is 0.0953. The third-order valence-electron chi connectivity index (χ3n) is 6.29. The first-order chi connectivity index (χ1) is 14.8. The van der Waals surface area contributed by atoms with Gasteiger partial charge in [-0.25, -0.2) is 4.98 Å².